The molecule has 22 heavy (non-hydrogen) atoms. The minimum atomic E-state index is -0.796. The van der Waals surface area contributed by atoms with E-state index in [-0.39, 0.29) is 5.91 Å². The van der Waals surface area contributed by atoms with Gasteiger partial charge in [-0.05, 0) is 25.0 Å². The summed E-state index contributed by atoms with van der Waals surface area (Å²) in [6.45, 7) is 6.76. The minimum Gasteiger partial charge on any atom is -0.387 e. The molecule has 0 bridgehead atoms. The molecule has 1 aromatic rings. The number of morpholine rings is 1. The molecule has 1 aromatic carbocycles. The molecule has 5 nitrogen and oxygen atoms in total. The van der Waals surface area contributed by atoms with Crippen LogP contribution >= 0.6 is 0 Å². The fourth-order valence-corrected chi connectivity index (χ4v) is 3.32. The van der Waals surface area contributed by atoms with Crippen molar-refractivity contribution in [2.24, 2.45) is 0 Å². The van der Waals surface area contributed by atoms with E-state index in [0.717, 1.165) is 37.4 Å². The number of likely N-dealkylation sites (tertiary alicyclic amines) is 1. The summed E-state index contributed by atoms with van der Waals surface area (Å²) in [4.78, 5) is 16.6. The monoisotopic (exact) mass is 304 g/mol. The predicted molar refractivity (Wildman–Crippen MR) is 83.9 cm³/mol. The number of ether oxygens (including phenoxy) is 1. The van der Waals surface area contributed by atoms with Crippen LogP contribution in [0.15, 0.2) is 24.3 Å². The number of amides is 1. The number of carbonyl (C=O) groups excluding carboxylic acids is 1. The van der Waals surface area contributed by atoms with Gasteiger partial charge < -0.3 is 14.7 Å². The van der Waals surface area contributed by atoms with Gasteiger partial charge in [-0.2, -0.15) is 0 Å². The SMILES string of the molecule is Cc1ccccc1C(=O)N1CC[C@@](O)(CN2CCOCC2)C1. The van der Waals surface area contributed by atoms with Gasteiger partial charge in [-0.15, -0.1) is 0 Å². The lowest BCUT2D eigenvalue weighted by molar-refractivity contribution is -0.0257. The molecule has 0 aromatic heterocycles. The van der Waals surface area contributed by atoms with Gasteiger partial charge in [0.1, 0.15) is 0 Å². The zero-order chi connectivity index (χ0) is 15.6. The number of hydrogen-bond acceptors (Lipinski definition) is 4. The summed E-state index contributed by atoms with van der Waals surface area (Å²) in [5.41, 5.74) is 0.921. The van der Waals surface area contributed by atoms with Crippen molar-refractivity contribution in [3.05, 3.63) is 35.4 Å². The highest BCUT2D eigenvalue weighted by molar-refractivity contribution is 5.95. The van der Waals surface area contributed by atoms with Crippen molar-refractivity contribution < 1.29 is 14.6 Å². The molecule has 0 aliphatic carbocycles. The Kier molecular flexibility index (Phi) is 4.47. The first-order valence-corrected chi connectivity index (χ1v) is 7.95. The van der Waals surface area contributed by atoms with Crippen molar-refractivity contribution in [2.45, 2.75) is 18.9 Å². The third-order valence-corrected chi connectivity index (χ3v) is 4.62. The number of carbonyl (C=O) groups is 1. The van der Waals surface area contributed by atoms with Crippen molar-refractivity contribution in [2.75, 3.05) is 45.9 Å². The van der Waals surface area contributed by atoms with Crippen LogP contribution in [0.5, 0.6) is 0 Å². The molecule has 2 heterocycles. The maximum absolute atomic E-state index is 12.6. The highest BCUT2D eigenvalue weighted by Gasteiger charge is 2.40. The van der Waals surface area contributed by atoms with Gasteiger partial charge >= 0.3 is 0 Å². The van der Waals surface area contributed by atoms with E-state index < -0.39 is 5.60 Å². The maximum Gasteiger partial charge on any atom is 0.254 e. The van der Waals surface area contributed by atoms with Gasteiger partial charge in [0.05, 0.1) is 25.4 Å². The number of nitrogens with zero attached hydrogens (tertiary/aromatic N) is 2. The standard InChI is InChI=1S/C17H24N2O3/c1-14-4-2-3-5-15(14)16(20)19-7-6-17(21,13-19)12-18-8-10-22-11-9-18/h2-5,21H,6-13H2,1H3/t17-/m1/s1. The lowest BCUT2D eigenvalue weighted by Crippen LogP contribution is -2.49. The second-order valence-electron chi connectivity index (χ2n) is 6.40. The van der Waals surface area contributed by atoms with E-state index in [2.05, 4.69) is 4.90 Å². The molecular weight excluding hydrogens is 280 g/mol. The molecule has 0 spiro atoms. The molecule has 1 atom stereocenters. The Morgan fingerprint density at radius 3 is 2.73 bits per heavy atom. The normalized spacial score (nSPS) is 26.4. The largest absolute Gasteiger partial charge is 0.387 e. The fourth-order valence-electron chi connectivity index (χ4n) is 3.32. The third-order valence-electron chi connectivity index (χ3n) is 4.62. The smallest absolute Gasteiger partial charge is 0.254 e. The Morgan fingerprint density at radius 2 is 2.00 bits per heavy atom. The first kappa shape index (κ1) is 15.5. The fraction of sp³-hybridized carbons (Fsp3) is 0.588. The van der Waals surface area contributed by atoms with Gasteiger partial charge in [-0.3, -0.25) is 9.69 Å². The predicted octanol–water partition coefficient (Wildman–Crippen LogP) is 0.904. The van der Waals surface area contributed by atoms with Crippen LogP contribution in [0.25, 0.3) is 0 Å². The first-order valence-electron chi connectivity index (χ1n) is 7.95. The van der Waals surface area contributed by atoms with Crippen LogP contribution < -0.4 is 0 Å². The maximum atomic E-state index is 12.6. The van der Waals surface area contributed by atoms with E-state index in [4.69, 9.17) is 4.74 Å². The van der Waals surface area contributed by atoms with Crippen LogP contribution in [0.3, 0.4) is 0 Å². The van der Waals surface area contributed by atoms with Crippen molar-refractivity contribution in [1.29, 1.82) is 0 Å². The molecule has 1 N–H and O–H groups in total. The number of rotatable bonds is 3. The second kappa shape index (κ2) is 6.36. The quantitative estimate of drug-likeness (QED) is 0.902. The van der Waals surface area contributed by atoms with Gasteiger partial charge in [0, 0.05) is 31.7 Å². The minimum absolute atomic E-state index is 0.0241. The molecule has 0 unspecified atom stereocenters. The van der Waals surface area contributed by atoms with Crippen molar-refractivity contribution in [3.63, 3.8) is 0 Å². The van der Waals surface area contributed by atoms with E-state index in [1.165, 1.54) is 0 Å². The summed E-state index contributed by atoms with van der Waals surface area (Å²) < 4.78 is 5.34. The molecule has 0 saturated carbocycles. The van der Waals surface area contributed by atoms with Crippen molar-refractivity contribution >= 4 is 5.91 Å². The molecule has 1 amide bonds. The van der Waals surface area contributed by atoms with E-state index >= 15 is 0 Å². The zero-order valence-corrected chi connectivity index (χ0v) is 13.1. The molecule has 2 fully saturated rings. The summed E-state index contributed by atoms with van der Waals surface area (Å²) >= 11 is 0. The zero-order valence-electron chi connectivity index (χ0n) is 13.1. The highest BCUT2D eigenvalue weighted by atomic mass is 16.5. The Morgan fingerprint density at radius 1 is 1.27 bits per heavy atom. The second-order valence-corrected chi connectivity index (χ2v) is 6.40. The van der Waals surface area contributed by atoms with Gasteiger partial charge in [0.25, 0.3) is 5.91 Å². The lowest BCUT2D eigenvalue weighted by atomic mass is 10.0. The van der Waals surface area contributed by atoms with Crippen LogP contribution in [-0.4, -0.2) is 72.4 Å². The summed E-state index contributed by atoms with van der Waals surface area (Å²) in [5, 5.41) is 10.8. The van der Waals surface area contributed by atoms with Crippen molar-refractivity contribution in [1.82, 2.24) is 9.80 Å². The van der Waals surface area contributed by atoms with E-state index in [0.29, 0.717) is 26.1 Å². The van der Waals surface area contributed by atoms with Crippen LogP contribution in [0, 0.1) is 6.92 Å². The van der Waals surface area contributed by atoms with Gasteiger partial charge in [0.15, 0.2) is 0 Å². The average molecular weight is 304 g/mol. The Bertz CT molecular complexity index is 542. The molecule has 2 saturated heterocycles. The summed E-state index contributed by atoms with van der Waals surface area (Å²) in [5.74, 6) is 0.0241. The number of aryl methyl sites for hydroxylation is 1. The third kappa shape index (κ3) is 3.32. The Labute approximate surface area is 131 Å². The highest BCUT2D eigenvalue weighted by Crippen LogP contribution is 2.25. The Hall–Kier alpha value is -1.43. The lowest BCUT2D eigenvalue weighted by Gasteiger charge is -2.33. The van der Waals surface area contributed by atoms with E-state index in [9.17, 15) is 9.90 Å². The Balaban J connectivity index is 1.63. The molecule has 2 aliphatic rings. The van der Waals surface area contributed by atoms with Gasteiger partial charge in [-0.25, -0.2) is 0 Å². The summed E-state index contributed by atoms with van der Waals surface area (Å²) in [6.07, 6.45) is 0.641. The molecular formula is C17H24N2O3. The number of benzene rings is 1. The number of hydrogen-bond donors (Lipinski definition) is 1. The number of β-amino-alcohol motifs (C(OH)–C–C–N with tert-alkyl or cyclic N) is 1. The number of aliphatic hydroxyl groups is 1. The molecule has 5 heteroatoms. The van der Waals surface area contributed by atoms with Crippen LogP contribution in [0.1, 0.15) is 22.3 Å². The van der Waals surface area contributed by atoms with Gasteiger partial charge in [0.2, 0.25) is 0 Å². The summed E-state index contributed by atoms with van der Waals surface area (Å²) in [6, 6.07) is 7.63. The van der Waals surface area contributed by atoms with Crippen LogP contribution in [-0.2, 0) is 4.74 Å². The first-order chi connectivity index (χ1) is 10.6. The van der Waals surface area contributed by atoms with Crippen LogP contribution in [0.4, 0.5) is 0 Å². The molecule has 2 aliphatic heterocycles. The van der Waals surface area contributed by atoms with Crippen LogP contribution in [0.2, 0.25) is 0 Å². The topological polar surface area (TPSA) is 53.0 Å². The van der Waals surface area contributed by atoms with Crippen molar-refractivity contribution in [3.8, 4) is 0 Å². The van der Waals surface area contributed by atoms with E-state index in [1.54, 1.807) is 4.90 Å². The molecule has 3 rings (SSSR count). The average Bonchev–Trinajstić information content (AvgIpc) is 2.90. The summed E-state index contributed by atoms with van der Waals surface area (Å²) in [7, 11) is 0. The molecule has 0 radical (unpaired) electrons. The molecule has 120 valence electrons. The van der Waals surface area contributed by atoms with Gasteiger partial charge in [-0.1, -0.05) is 18.2 Å². The van der Waals surface area contributed by atoms with E-state index in [1.807, 2.05) is 31.2 Å².